The minimum Gasteiger partial charge on any atom is -0.374 e. The van der Waals surface area contributed by atoms with Crippen LogP contribution in [-0.4, -0.2) is 25.5 Å². The van der Waals surface area contributed by atoms with Gasteiger partial charge < -0.3 is 15.2 Å². The summed E-state index contributed by atoms with van der Waals surface area (Å²) in [6.07, 6.45) is 0.515. The van der Waals surface area contributed by atoms with Crippen molar-refractivity contribution in [1.82, 2.24) is 5.16 Å². The van der Waals surface area contributed by atoms with E-state index in [2.05, 4.69) is 20.5 Å². The van der Waals surface area contributed by atoms with Crippen molar-refractivity contribution in [3.05, 3.63) is 66.2 Å². The van der Waals surface area contributed by atoms with Crippen LogP contribution in [0.3, 0.4) is 0 Å². The van der Waals surface area contributed by atoms with Crippen LogP contribution in [0.1, 0.15) is 19.1 Å². The van der Waals surface area contributed by atoms with Crippen molar-refractivity contribution < 1.29 is 22.1 Å². The summed E-state index contributed by atoms with van der Waals surface area (Å²) in [6, 6.07) is 12.1. The number of amides is 1. The summed E-state index contributed by atoms with van der Waals surface area (Å²) in [5.74, 6) is 0.137. The van der Waals surface area contributed by atoms with E-state index in [9.17, 15) is 17.6 Å². The molecule has 0 fully saturated rings. The summed E-state index contributed by atoms with van der Waals surface area (Å²) >= 11 is 0. The zero-order valence-electron chi connectivity index (χ0n) is 16.3. The lowest BCUT2D eigenvalue weighted by atomic mass is 10.2. The number of aromatic nitrogens is 1. The van der Waals surface area contributed by atoms with Gasteiger partial charge in [-0.2, -0.15) is 0 Å². The number of halogens is 1. The highest BCUT2D eigenvalue weighted by Crippen LogP contribution is 2.20. The van der Waals surface area contributed by atoms with E-state index in [0.29, 0.717) is 29.4 Å². The Morgan fingerprint density at radius 2 is 1.73 bits per heavy atom. The third kappa shape index (κ3) is 5.35. The fourth-order valence-electron chi connectivity index (χ4n) is 2.66. The molecule has 0 saturated heterocycles. The van der Waals surface area contributed by atoms with Crippen LogP contribution >= 0.6 is 0 Å². The van der Waals surface area contributed by atoms with Crippen LogP contribution in [0.5, 0.6) is 0 Å². The molecule has 3 N–H and O–H groups in total. The average molecular weight is 432 g/mol. The van der Waals surface area contributed by atoms with Gasteiger partial charge in [-0.1, -0.05) is 12.1 Å². The van der Waals surface area contributed by atoms with E-state index < -0.39 is 21.9 Å². The Balaban J connectivity index is 1.64. The van der Waals surface area contributed by atoms with Crippen molar-refractivity contribution in [3.63, 3.8) is 0 Å². The maximum absolute atomic E-state index is 13.0. The maximum atomic E-state index is 13.0. The summed E-state index contributed by atoms with van der Waals surface area (Å²) in [4.78, 5) is 12.4. The lowest BCUT2D eigenvalue weighted by molar-refractivity contribution is -0.117. The number of aryl methyl sites for hydroxylation is 1. The molecule has 1 unspecified atom stereocenters. The third-order valence-electron chi connectivity index (χ3n) is 4.21. The van der Waals surface area contributed by atoms with Gasteiger partial charge in [0.25, 0.3) is 10.0 Å². The molecule has 0 radical (unpaired) electrons. The van der Waals surface area contributed by atoms with Crippen molar-refractivity contribution in [2.24, 2.45) is 0 Å². The van der Waals surface area contributed by atoms with Gasteiger partial charge in [-0.05, 0) is 61.9 Å². The van der Waals surface area contributed by atoms with Crippen LogP contribution in [0.4, 0.5) is 21.6 Å². The number of anilines is 3. The summed E-state index contributed by atoms with van der Waals surface area (Å²) in [5.41, 5.74) is 0.971. The smallest absolute Gasteiger partial charge is 0.261 e. The van der Waals surface area contributed by atoms with Crippen LogP contribution in [0.15, 0.2) is 64.0 Å². The van der Waals surface area contributed by atoms with E-state index in [4.69, 9.17) is 4.52 Å². The van der Waals surface area contributed by atoms with Crippen molar-refractivity contribution >= 4 is 33.1 Å². The molecule has 3 rings (SSSR count). The molecular weight excluding hydrogens is 411 g/mol. The number of rotatable bonds is 8. The second-order valence-electron chi connectivity index (χ2n) is 6.55. The number of hydrogen-bond donors (Lipinski definition) is 3. The van der Waals surface area contributed by atoms with Crippen molar-refractivity contribution in [2.45, 2.75) is 31.2 Å². The third-order valence-corrected chi connectivity index (χ3v) is 5.60. The van der Waals surface area contributed by atoms with E-state index in [0.717, 1.165) is 12.1 Å². The van der Waals surface area contributed by atoms with E-state index in [1.165, 1.54) is 12.1 Å². The number of hydrogen-bond acceptors (Lipinski definition) is 6. The summed E-state index contributed by atoms with van der Waals surface area (Å²) < 4.78 is 45.1. The van der Waals surface area contributed by atoms with Gasteiger partial charge in [-0.3, -0.25) is 9.52 Å². The summed E-state index contributed by atoms with van der Waals surface area (Å²) in [6.45, 7) is 3.58. The maximum Gasteiger partial charge on any atom is 0.261 e. The molecule has 2 aromatic carbocycles. The molecule has 30 heavy (non-hydrogen) atoms. The minimum atomic E-state index is -3.83. The van der Waals surface area contributed by atoms with E-state index in [1.54, 1.807) is 37.3 Å². The van der Waals surface area contributed by atoms with Gasteiger partial charge in [0.2, 0.25) is 5.91 Å². The molecule has 0 saturated carbocycles. The molecule has 8 nitrogen and oxygen atoms in total. The highest BCUT2D eigenvalue weighted by molar-refractivity contribution is 7.92. The highest BCUT2D eigenvalue weighted by atomic mass is 32.2. The van der Waals surface area contributed by atoms with Crippen LogP contribution in [-0.2, 0) is 14.8 Å². The standard InChI is InChI=1S/C20H21FN4O4S/c1-3-18(20(26)23-19-12-13(2)29-24-19)22-15-6-8-16(9-7-15)25-30(27,28)17-10-4-14(21)5-11-17/h4-12,18,22,25H,3H2,1-2H3,(H,23,24,26). The Labute approximate surface area is 173 Å². The first-order valence-electron chi connectivity index (χ1n) is 9.16. The number of carbonyl (C=O) groups is 1. The van der Waals surface area contributed by atoms with Crippen molar-refractivity contribution in [2.75, 3.05) is 15.4 Å². The fourth-order valence-corrected chi connectivity index (χ4v) is 3.71. The highest BCUT2D eigenvalue weighted by Gasteiger charge is 2.18. The predicted molar refractivity (Wildman–Crippen MR) is 111 cm³/mol. The average Bonchev–Trinajstić information content (AvgIpc) is 3.12. The summed E-state index contributed by atoms with van der Waals surface area (Å²) in [5, 5.41) is 9.50. The first-order valence-corrected chi connectivity index (χ1v) is 10.6. The molecule has 1 amide bonds. The Bertz CT molecular complexity index is 1110. The summed E-state index contributed by atoms with van der Waals surface area (Å²) in [7, 11) is -3.83. The molecule has 3 aromatic rings. The van der Waals surface area contributed by atoms with Gasteiger partial charge in [0.1, 0.15) is 17.6 Å². The van der Waals surface area contributed by atoms with Gasteiger partial charge in [0.15, 0.2) is 5.82 Å². The topological polar surface area (TPSA) is 113 Å². The Morgan fingerprint density at radius 3 is 2.30 bits per heavy atom. The van der Waals surface area contributed by atoms with Gasteiger partial charge in [0, 0.05) is 17.4 Å². The number of nitrogens with zero attached hydrogens (tertiary/aromatic N) is 1. The minimum absolute atomic E-state index is 0.0445. The number of sulfonamides is 1. The number of benzene rings is 2. The Morgan fingerprint density at radius 1 is 1.10 bits per heavy atom. The Kier molecular flexibility index (Phi) is 6.36. The molecule has 0 spiro atoms. The zero-order valence-corrected chi connectivity index (χ0v) is 17.2. The molecule has 158 valence electrons. The molecular formula is C20H21FN4O4S. The van der Waals surface area contributed by atoms with Crippen LogP contribution in [0, 0.1) is 12.7 Å². The van der Waals surface area contributed by atoms with Crippen LogP contribution < -0.4 is 15.4 Å². The number of nitrogens with one attached hydrogen (secondary N) is 3. The first-order chi connectivity index (χ1) is 14.3. The van der Waals surface area contributed by atoms with Crippen LogP contribution in [0.2, 0.25) is 0 Å². The molecule has 0 bridgehead atoms. The van der Waals surface area contributed by atoms with Crippen molar-refractivity contribution in [3.8, 4) is 0 Å². The van der Waals surface area contributed by atoms with Gasteiger partial charge in [0.05, 0.1) is 4.90 Å². The molecule has 0 aliphatic heterocycles. The lowest BCUT2D eigenvalue weighted by Gasteiger charge is -2.17. The van der Waals surface area contributed by atoms with Gasteiger partial charge >= 0.3 is 0 Å². The normalized spacial score (nSPS) is 12.2. The zero-order chi connectivity index (χ0) is 21.7. The Hall–Kier alpha value is -3.40. The molecule has 1 atom stereocenters. The second kappa shape index (κ2) is 8.95. The lowest BCUT2D eigenvalue weighted by Crippen LogP contribution is -2.34. The van der Waals surface area contributed by atoms with E-state index in [1.807, 2.05) is 6.92 Å². The van der Waals surface area contributed by atoms with Gasteiger partial charge in [-0.25, -0.2) is 12.8 Å². The van der Waals surface area contributed by atoms with Crippen molar-refractivity contribution in [1.29, 1.82) is 0 Å². The second-order valence-corrected chi connectivity index (χ2v) is 8.24. The van der Waals surface area contributed by atoms with Crippen LogP contribution in [0.25, 0.3) is 0 Å². The molecule has 1 aromatic heterocycles. The van der Waals surface area contributed by atoms with E-state index in [-0.39, 0.29) is 10.8 Å². The number of carbonyl (C=O) groups excluding carboxylic acids is 1. The quantitative estimate of drug-likeness (QED) is 0.500. The SMILES string of the molecule is CCC(Nc1ccc(NS(=O)(=O)c2ccc(F)cc2)cc1)C(=O)Nc1cc(C)on1. The van der Waals surface area contributed by atoms with E-state index >= 15 is 0 Å². The largest absolute Gasteiger partial charge is 0.374 e. The monoisotopic (exact) mass is 432 g/mol. The predicted octanol–water partition coefficient (Wildman–Crippen LogP) is 3.75. The molecule has 10 heteroatoms. The molecule has 0 aliphatic carbocycles. The molecule has 0 aliphatic rings. The fraction of sp³-hybridized carbons (Fsp3) is 0.200. The molecule has 1 heterocycles. The van der Waals surface area contributed by atoms with Gasteiger partial charge in [-0.15, -0.1) is 0 Å². The first kappa shape index (κ1) is 21.3.